The van der Waals surface area contributed by atoms with Gasteiger partial charge in [0.15, 0.2) is 5.69 Å². The monoisotopic (exact) mass is 326 g/mol. The second-order valence-corrected chi connectivity index (χ2v) is 4.63. The Bertz CT molecular complexity index is 758. The van der Waals surface area contributed by atoms with Crippen LogP contribution in [0, 0.1) is 17.0 Å². The van der Waals surface area contributed by atoms with Gasteiger partial charge in [0.2, 0.25) is 5.75 Å². The van der Waals surface area contributed by atoms with E-state index in [9.17, 15) is 20.0 Å². The number of halogens is 1. The van der Waals surface area contributed by atoms with Gasteiger partial charge in [-0.25, -0.2) is 4.79 Å². The van der Waals surface area contributed by atoms with Crippen molar-refractivity contribution < 1.29 is 19.6 Å². The average Bonchev–Trinajstić information content (AvgIpc) is 2.92. The molecule has 0 unspecified atom stereocenters. The Balaban J connectivity index is 2.67. The van der Waals surface area contributed by atoms with Gasteiger partial charge in [-0.05, 0) is 19.9 Å². The summed E-state index contributed by atoms with van der Waals surface area (Å²) in [5, 5.41) is 30.9. The highest BCUT2D eigenvalue weighted by atomic mass is 35.5. The van der Waals surface area contributed by atoms with E-state index in [0.29, 0.717) is 0 Å². The number of rotatable bonds is 4. The number of esters is 1. The fourth-order valence-corrected chi connectivity index (χ4v) is 2.08. The van der Waals surface area contributed by atoms with Gasteiger partial charge < -0.3 is 9.84 Å². The number of H-pyrrole nitrogens is 1. The molecule has 116 valence electrons. The number of ether oxygens (including phenoxy) is 1. The second-order valence-electron chi connectivity index (χ2n) is 4.23. The quantitative estimate of drug-likeness (QED) is 0.500. The first kappa shape index (κ1) is 15.7. The summed E-state index contributed by atoms with van der Waals surface area (Å²) in [4.78, 5) is 22.1. The summed E-state index contributed by atoms with van der Waals surface area (Å²) < 4.78 is 4.81. The molecule has 2 N–H and O–H groups in total. The highest BCUT2D eigenvalue weighted by molar-refractivity contribution is 6.32. The van der Waals surface area contributed by atoms with Crippen molar-refractivity contribution in [3.05, 3.63) is 32.5 Å². The predicted octanol–water partition coefficient (Wildman–Crippen LogP) is 2.22. The third kappa shape index (κ3) is 2.58. The number of phenols is 1. The molecule has 0 saturated heterocycles. The molecule has 0 amide bonds. The molecular formula is C12H11ClN4O5. The minimum atomic E-state index is -0.773. The molecule has 1 heterocycles. The van der Waals surface area contributed by atoms with Crippen LogP contribution in [-0.2, 0) is 4.74 Å². The largest absolute Gasteiger partial charge is 0.502 e. The Labute approximate surface area is 129 Å². The summed E-state index contributed by atoms with van der Waals surface area (Å²) in [6.45, 7) is 3.13. The van der Waals surface area contributed by atoms with E-state index in [1.807, 2.05) is 0 Å². The maximum absolute atomic E-state index is 11.8. The number of hydrogen-bond acceptors (Lipinski definition) is 7. The third-order valence-electron chi connectivity index (χ3n) is 2.92. The van der Waals surface area contributed by atoms with Crippen LogP contribution in [0.4, 0.5) is 5.69 Å². The molecule has 2 rings (SSSR count). The van der Waals surface area contributed by atoms with Crippen LogP contribution >= 0.6 is 11.6 Å². The zero-order valence-corrected chi connectivity index (χ0v) is 12.3. The summed E-state index contributed by atoms with van der Waals surface area (Å²) >= 11 is 5.95. The average molecular weight is 327 g/mol. The summed E-state index contributed by atoms with van der Waals surface area (Å²) in [6.07, 6.45) is 0. The van der Waals surface area contributed by atoms with E-state index in [1.165, 1.54) is 13.0 Å². The van der Waals surface area contributed by atoms with E-state index in [-0.39, 0.29) is 34.1 Å². The zero-order chi connectivity index (χ0) is 16.4. The number of phenolic OH excluding ortho intramolecular Hbond substituents is 1. The van der Waals surface area contributed by atoms with Crippen molar-refractivity contribution in [3.63, 3.8) is 0 Å². The standard InChI is InChI=1S/C12H11ClN4O5/c1-3-22-12(19)9-8(14-16-15-9)6-4-7(13)5(2)10(11(6)18)17(20)21/h4,18H,3H2,1-2H3,(H,14,15,16). The van der Waals surface area contributed by atoms with Gasteiger partial charge in [0.1, 0.15) is 5.69 Å². The second kappa shape index (κ2) is 5.98. The topological polar surface area (TPSA) is 131 Å². The van der Waals surface area contributed by atoms with Gasteiger partial charge in [-0.1, -0.05) is 11.6 Å². The molecule has 22 heavy (non-hydrogen) atoms. The predicted molar refractivity (Wildman–Crippen MR) is 75.8 cm³/mol. The van der Waals surface area contributed by atoms with Crippen molar-refractivity contribution in [2.45, 2.75) is 13.8 Å². The molecule has 0 atom stereocenters. The molecule has 0 bridgehead atoms. The Morgan fingerprint density at radius 3 is 2.82 bits per heavy atom. The van der Waals surface area contributed by atoms with Crippen LogP contribution in [-0.4, -0.2) is 38.0 Å². The smallest absolute Gasteiger partial charge is 0.361 e. The lowest BCUT2D eigenvalue weighted by Crippen LogP contribution is -2.07. The van der Waals surface area contributed by atoms with E-state index < -0.39 is 22.3 Å². The van der Waals surface area contributed by atoms with Gasteiger partial charge >= 0.3 is 11.7 Å². The van der Waals surface area contributed by atoms with E-state index in [0.717, 1.165) is 0 Å². The van der Waals surface area contributed by atoms with E-state index in [4.69, 9.17) is 16.3 Å². The number of carbonyl (C=O) groups excluding carboxylic acids is 1. The lowest BCUT2D eigenvalue weighted by molar-refractivity contribution is -0.386. The van der Waals surface area contributed by atoms with Gasteiger partial charge in [0, 0.05) is 5.56 Å². The zero-order valence-electron chi connectivity index (χ0n) is 11.6. The number of aromatic nitrogens is 3. The molecule has 0 fully saturated rings. The van der Waals surface area contributed by atoms with Crippen LogP contribution in [0.2, 0.25) is 5.02 Å². The SMILES string of the molecule is CCOC(=O)c1n[nH]nc1-c1cc(Cl)c(C)c([N+](=O)[O-])c1O. The van der Waals surface area contributed by atoms with Gasteiger partial charge in [-0.2, -0.15) is 10.3 Å². The normalized spacial score (nSPS) is 10.5. The fourth-order valence-electron chi connectivity index (χ4n) is 1.89. The van der Waals surface area contributed by atoms with Crippen molar-refractivity contribution >= 4 is 23.3 Å². The highest BCUT2D eigenvalue weighted by Gasteiger charge is 2.29. The minimum absolute atomic E-state index is 0.0531. The number of nitrogens with zero attached hydrogens (tertiary/aromatic N) is 3. The molecule has 1 aromatic carbocycles. The first-order valence-electron chi connectivity index (χ1n) is 6.13. The Hall–Kier alpha value is -2.68. The van der Waals surface area contributed by atoms with E-state index in [2.05, 4.69) is 15.4 Å². The summed E-state index contributed by atoms with van der Waals surface area (Å²) in [7, 11) is 0. The molecule has 1 aromatic heterocycles. The molecule has 0 saturated carbocycles. The summed E-state index contributed by atoms with van der Waals surface area (Å²) in [5.74, 6) is -1.42. The van der Waals surface area contributed by atoms with Crippen molar-refractivity contribution in [1.82, 2.24) is 15.4 Å². The van der Waals surface area contributed by atoms with E-state index >= 15 is 0 Å². The molecule has 2 aromatic rings. The number of nitrogens with one attached hydrogen (secondary N) is 1. The van der Waals surface area contributed by atoms with Crippen LogP contribution < -0.4 is 0 Å². The minimum Gasteiger partial charge on any atom is -0.502 e. The number of aromatic hydroxyl groups is 1. The van der Waals surface area contributed by atoms with Gasteiger partial charge in [0.25, 0.3) is 0 Å². The van der Waals surface area contributed by atoms with Crippen LogP contribution in [0.1, 0.15) is 23.0 Å². The molecule has 0 spiro atoms. The number of carbonyl (C=O) groups is 1. The first-order valence-corrected chi connectivity index (χ1v) is 6.51. The molecule has 0 aliphatic carbocycles. The van der Waals surface area contributed by atoms with Gasteiger partial charge in [-0.3, -0.25) is 10.1 Å². The summed E-state index contributed by atoms with van der Waals surface area (Å²) in [6, 6.07) is 1.28. The number of benzene rings is 1. The van der Waals surface area contributed by atoms with Crippen LogP contribution in [0.25, 0.3) is 11.3 Å². The van der Waals surface area contributed by atoms with E-state index in [1.54, 1.807) is 6.92 Å². The van der Waals surface area contributed by atoms with Gasteiger partial charge in [-0.15, -0.1) is 5.10 Å². The lowest BCUT2D eigenvalue weighted by Gasteiger charge is -2.08. The molecule has 10 heteroatoms. The first-order chi connectivity index (χ1) is 10.4. The molecular weight excluding hydrogens is 316 g/mol. The van der Waals surface area contributed by atoms with Crippen molar-refractivity contribution in [2.75, 3.05) is 6.61 Å². The third-order valence-corrected chi connectivity index (χ3v) is 3.31. The van der Waals surface area contributed by atoms with Crippen LogP contribution in [0.3, 0.4) is 0 Å². The number of nitro groups is 1. The Morgan fingerprint density at radius 2 is 2.23 bits per heavy atom. The molecule has 0 radical (unpaired) electrons. The van der Waals surface area contributed by atoms with Crippen molar-refractivity contribution in [1.29, 1.82) is 0 Å². The lowest BCUT2D eigenvalue weighted by atomic mass is 10.0. The van der Waals surface area contributed by atoms with Crippen LogP contribution in [0.5, 0.6) is 5.75 Å². The molecule has 0 aliphatic heterocycles. The Kier molecular flexibility index (Phi) is 4.27. The number of aromatic amines is 1. The van der Waals surface area contributed by atoms with Crippen LogP contribution in [0.15, 0.2) is 6.07 Å². The molecule has 9 nitrogen and oxygen atoms in total. The summed E-state index contributed by atoms with van der Waals surface area (Å²) in [5.41, 5.74) is -0.819. The molecule has 0 aliphatic rings. The number of hydrogen-bond donors (Lipinski definition) is 2. The fraction of sp³-hybridized carbons (Fsp3) is 0.250. The van der Waals surface area contributed by atoms with Crippen molar-refractivity contribution in [2.24, 2.45) is 0 Å². The van der Waals surface area contributed by atoms with Crippen molar-refractivity contribution in [3.8, 4) is 17.0 Å². The van der Waals surface area contributed by atoms with Gasteiger partial charge in [0.05, 0.1) is 22.1 Å². The maximum atomic E-state index is 11.8. The number of nitro benzene ring substituents is 1. The highest BCUT2D eigenvalue weighted by Crippen LogP contribution is 2.42. The Morgan fingerprint density at radius 1 is 1.55 bits per heavy atom. The maximum Gasteiger partial charge on any atom is 0.361 e.